The Bertz CT molecular complexity index is 402. The van der Waals surface area contributed by atoms with E-state index in [1.165, 1.54) is 5.56 Å². The summed E-state index contributed by atoms with van der Waals surface area (Å²) in [6.45, 7) is 4.23. The van der Waals surface area contributed by atoms with Crippen molar-refractivity contribution in [3.8, 4) is 5.75 Å². The molecule has 1 aromatic rings. The maximum Gasteiger partial charge on any atom is 0.122 e. The third kappa shape index (κ3) is 3.95. The van der Waals surface area contributed by atoms with E-state index in [9.17, 15) is 0 Å². The minimum atomic E-state index is 0.169. The molecule has 1 atom stereocenters. The van der Waals surface area contributed by atoms with Crippen molar-refractivity contribution in [3.63, 3.8) is 0 Å². The molecule has 0 spiro atoms. The second-order valence-electron chi connectivity index (χ2n) is 5.46. The zero-order valence-electron chi connectivity index (χ0n) is 12.5. The topological polar surface area (TPSA) is 39.7 Å². The van der Waals surface area contributed by atoms with Gasteiger partial charge in [-0.2, -0.15) is 0 Å². The van der Waals surface area contributed by atoms with E-state index in [0.29, 0.717) is 0 Å². The Morgan fingerprint density at radius 3 is 2.85 bits per heavy atom. The van der Waals surface area contributed by atoms with Crippen LogP contribution in [0.5, 0.6) is 5.75 Å². The molecule has 4 heteroatoms. The van der Waals surface area contributed by atoms with Crippen molar-refractivity contribution in [1.29, 1.82) is 0 Å². The number of hydrogen-bond acceptors (Lipinski definition) is 4. The van der Waals surface area contributed by atoms with E-state index in [-0.39, 0.29) is 5.41 Å². The normalized spacial score (nSPS) is 22.1. The van der Waals surface area contributed by atoms with Gasteiger partial charge in [0.2, 0.25) is 0 Å². The second-order valence-corrected chi connectivity index (χ2v) is 5.46. The Morgan fingerprint density at radius 2 is 2.15 bits per heavy atom. The third-order valence-electron chi connectivity index (χ3n) is 3.93. The first-order chi connectivity index (χ1) is 9.79. The fourth-order valence-corrected chi connectivity index (χ4v) is 2.77. The van der Waals surface area contributed by atoms with E-state index in [2.05, 4.69) is 17.4 Å². The molecule has 0 aromatic heterocycles. The zero-order valence-corrected chi connectivity index (χ0v) is 12.5. The van der Waals surface area contributed by atoms with Crippen LogP contribution in [0.1, 0.15) is 12.0 Å². The van der Waals surface area contributed by atoms with E-state index in [1.807, 2.05) is 12.1 Å². The number of rotatable bonds is 8. The van der Waals surface area contributed by atoms with Gasteiger partial charge in [-0.15, -0.1) is 0 Å². The molecule has 1 fully saturated rings. The van der Waals surface area contributed by atoms with Gasteiger partial charge >= 0.3 is 0 Å². The Hall–Kier alpha value is -1.10. The Morgan fingerprint density at radius 1 is 1.30 bits per heavy atom. The lowest BCUT2D eigenvalue weighted by Crippen LogP contribution is -2.38. The number of ether oxygens (including phenoxy) is 3. The summed E-state index contributed by atoms with van der Waals surface area (Å²) in [6, 6.07) is 8.25. The van der Waals surface area contributed by atoms with Gasteiger partial charge < -0.3 is 19.5 Å². The maximum absolute atomic E-state index is 5.65. The highest BCUT2D eigenvalue weighted by atomic mass is 16.5. The number of para-hydroxylation sites is 1. The Labute approximate surface area is 121 Å². The molecule has 4 nitrogen and oxygen atoms in total. The van der Waals surface area contributed by atoms with E-state index in [1.54, 1.807) is 14.2 Å². The molecule has 2 rings (SSSR count). The molecule has 0 aliphatic carbocycles. The van der Waals surface area contributed by atoms with Gasteiger partial charge in [0.05, 0.1) is 20.3 Å². The van der Waals surface area contributed by atoms with Crippen LogP contribution in [0.25, 0.3) is 0 Å². The van der Waals surface area contributed by atoms with Gasteiger partial charge in [0.1, 0.15) is 5.75 Å². The lowest BCUT2D eigenvalue weighted by molar-refractivity contribution is 0.144. The summed E-state index contributed by atoms with van der Waals surface area (Å²) in [5.74, 6) is 0.968. The molecule has 1 saturated heterocycles. The lowest BCUT2D eigenvalue weighted by atomic mass is 9.80. The fraction of sp³-hybridized carbons (Fsp3) is 0.625. The van der Waals surface area contributed by atoms with Crippen LogP contribution >= 0.6 is 0 Å². The predicted molar refractivity (Wildman–Crippen MR) is 79.3 cm³/mol. The maximum atomic E-state index is 5.65. The smallest absolute Gasteiger partial charge is 0.122 e. The van der Waals surface area contributed by atoms with Gasteiger partial charge in [-0.25, -0.2) is 0 Å². The number of methoxy groups -OCH3 is 2. The molecule has 1 aromatic carbocycles. The minimum absolute atomic E-state index is 0.169. The molecular formula is C16H25NO3. The molecule has 1 aliphatic heterocycles. The van der Waals surface area contributed by atoms with E-state index in [0.717, 1.165) is 51.5 Å². The van der Waals surface area contributed by atoms with E-state index in [4.69, 9.17) is 14.2 Å². The molecular weight excluding hydrogens is 254 g/mol. The molecule has 1 N–H and O–H groups in total. The van der Waals surface area contributed by atoms with Crippen LogP contribution in [0.4, 0.5) is 0 Å². The highest BCUT2D eigenvalue weighted by Gasteiger charge is 2.35. The van der Waals surface area contributed by atoms with Crippen LogP contribution in [-0.2, 0) is 15.9 Å². The summed E-state index contributed by atoms with van der Waals surface area (Å²) in [4.78, 5) is 0. The van der Waals surface area contributed by atoms with E-state index >= 15 is 0 Å². The standard InChI is InChI=1S/C16H25NO3/c1-18-10-8-17-12-16(7-9-20-13-16)11-14-5-3-4-6-15(14)19-2/h3-6,17H,7-13H2,1-2H3. The van der Waals surface area contributed by atoms with Crippen molar-refractivity contribution >= 4 is 0 Å². The summed E-state index contributed by atoms with van der Waals surface area (Å²) in [5, 5.41) is 3.48. The third-order valence-corrected chi connectivity index (χ3v) is 3.93. The number of benzene rings is 1. The Balaban J connectivity index is 2.01. The van der Waals surface area contributed by atoms with Gasteiger partial charge in [-0.05, 0) is 24.5 Å². The quantitative estimate of drug-likeness (QED) is 0.738. The van der Waals surface area contributed by atoms with Crippen molar-refractivity contribution in [2.24, 2.45) is 5.41 Å². The first-order valence-corrected chi connectivity index (χ1v) is 7.19. The monoisotopic (exact) mass is 279 g/mol. The number of hydrogen-bond donors (Lipinski definition) is 1. The fourth-order valence-electron chi connectivity index (χ4n) is 2.77. The zero-order chi connectivity index (χ0) is 14.3. The molecule has 1 aliphatic rings. The molecule has 0 radical (unpaired) electrons. The molecule has 1 unspecified atom stereocenters. The van der Waals surface area contributed by atoms with Crippen molar-refractivity contribution in [2.75, 3.05) is 47.1 Å². The largest absolute Gasteiger partial charge is 0.496 e. The van der Waals surface area contributed by atoms with Gasteiger partial charge in [0.25, 0.3) is 0 Å². The highest BCUT2D eigenvalue weighted by molar-refractivity contribution is 5.34. The first-order valence-electron chi connectivity index (χ1n) is 7.19. The SMILES string of the molecule is COCCNCC1(Cc2ccccc2OC)CCOC1. The van der Waals surface area contributed by atoms with E-state index < -0.39 is 0 Å². The number of nitrogens with one attached hydrogen (secondary N) is 1. The van der Waals surface area contributed by atoms with Crippen molar-refractivity contribution < 1.29 is 14.2 Å². The van der Waals surface area contributed by atoms with Crippen LogP contribution in [0.3, 0.4) is 0 Å². The van der Waals surface area contributed by atoms with Crippen LogP contribution in [0.15, 0.2) is 24.3 Å². The molecule has 0 bridgehead atoms. The molecule has 1 heterocycles. The highest BCUT2D eigenvalue weighted by Crippen LogP contribution is 2.34. The summed E-state index contributed by atoms with van der Waals surface area (Å²) in [7, 11) is 3.46. The lowest BCUT2D eigenvalue weighted by Gasteiger charge is -2.28. The van der Waals surface area contributed by atoms with Gasteiger partial charge in [-0.1, -0.05) is 18.2 Å². The van der Waals surface area contributed by atoms with Crippen LogP contribution in [-0.4, -0.2) is 47.1 Å². The average molecular weight is 279 g/mol. The van der Waals surface area contributed by atoms with Crippen molar-refractivity contribution in [1.82, 2.24) is 5.32 Å². The summed E-state index contributed by atoms with van der Waals surface area (Å²) >= 11 is 0. The van der Waals surface area contributed by atoms with Crippen LogP contribution in [0.2, 0.25) is 0 Å². The summed E-state index contributed by atoms with van der Waals surface area (Å²) in [5.41, 5.74) is 1.43. The van der Waals surface area contributed by atoms with Gasteiger partial charge in [-0.3, -0.25) is 0 Å². The molecule has 0 saturated carbocycles. The van der Waals surface area contributed by atoms with Crippen LogP contribution in [0, 0.1) is 5.41 Å². The first kappa shape index (κ1) is 15.3. The minimum Gasteiger partial charge on any atom is -0.496 e. The van der Waals surface area contributed by atoms with Gasteiger partial charge in [0.15, 0.2) is 0 Å². The molecule has 0 amide bonds. The van der Waals surface area contributed by atoms with Crippen molar-refractivity contribution in [3.05, 3.63) is 29.8 Å². The molecule has 112 valence electrons. The van der Waals surface area contributed by atoms with Crippen LogP contribution < -0.4 is 10.1 Å². The predicted octanol–water partition coefficient (Wildman–Crippen LogP) is 1.88. The second kappa shape index (κ2) is 7.62. The average Bonchev–Trinajstić information content (AvgIpc) is 2.93. The Kier molecular flexibility index (Phi) is 5.83. The summed E-state index contributed by atoms with van der Waals surface area (Å²) in [6.07, 6.45) is 2.07. The summed E-state index contributed by atoms with van der Waals surface area (Å²) < 4.78 is 16.2. The van der Waals surface area contributed by atoms with Crippen molar-refractivity contribution in [2.45, 2.75) is 12.8 Å². The molecule has 20 heavy (non-hydrogen) atoms. The van der Waals surface area contributed by atoms with Gasteiger partial charge in [0, 0.05) is 32.2 Å².